The van der Waals surface area contributed by atoms with Crippen molar-refractivity contribution in [3.8, 4) is 6.07 Å². The van der Waals surface area contributed by atoms with Gasteiger partial charge in [0.1, 0.15) is 6.07 Å². The number of hydrogen-bond donors (Lipinski definition) is 1. The SMILES string of the molecule is CN(CCN1CCNCC1)c1ccc(C#N)c(Br)c1F. The molecule has 0 unspecified atom stereocenters. The van der Waals surface area contributed by atoms with Crippen LogP contribution in [0.15, 0.2) is 16.6 Å². The second-order valence-electron chi connectivity index (χ2n) is 4.89. The van der Waals surface area contributed by atoms with Crippen molar-refractivity contribution < 1.29 is 4.39 Å². The minimum Gasteiger partial charge on any atom is -0.371 e. The van der Waals surface area contributed by atoms with E-state index >= 15 is 0 Å². The van der Waals surface area contributed by atoms with Crippen LogP contribution in [-0.2, 0) is 0 Å². The zero-order chi connectivity index (χ0) is 14.5. The summed E-state index contributed by atoms with van der Waals surface area (Å²) in [7, 11) is 1.87. The van der Waals surface area contributed by atoms with Gasteiger partial charge in [-0.3, -0.25) is 4.90 Å². The van der Waals surface area contributed by atoms with E-state index in [0.717, 1.165) is 39.3 Å². The van der Waals surface area contributed by atoms with Gasteiger partial charge in [-0.15, -0.1) is 0 Å². The maximum atomic E-state index is 14.2. The largest absolute Gasteiger partial charge is 0.371 e. The molecule has 1 N–H and O–H groups in total. The van der Waals surface area contributed by atoms with Gasteiger partial charge in [-0.25, -0.2) is 4.39 Å². The zero-order valence-corrected chi connectivity index (χ0v) is 13.1. The van der Waals surface area contributed by atoms with E-state index in [1.165, 1.54) is 0 Å². The molecule has 0 amide bonds. The Labute approximate surface area is 127 Å². The standard InChI is InChI=1S/C14H18BrFN4/c1-19(8-9-20-6-4-18-5-7-20)12-3-2-11(10-17)13(15)14(12)16/h2-3,18H,4-9H2,1H3. The van der Waals surface area contributed by atoms with Crippen LogP contribution in [0, 0.1) is 17.1 Å². The third-order valence-corrected chi connectivity index (χ3v) is 4.33. The predicted octanol–water partition coefficient (Wildman–Crippen LogP) is 1.80. The van der Waals surface area contributed by atoms with Gasteiger partial charge >= 0.3 is 0 Å². The second-order valence-corrected chi connectivity index (χ2v) is 5.68. The van der Waals surface area contributed by atoms with E-state index in [1.54, 1.807) is 12.1 Å². The molecule has 1 aliphatic rings. The summed E-state index contributed by atoms with van der Waals surface area (Å²) in [6.07, 6.45) is 0. The van der Waals surface area contributed by atoms with Crippen LogP contribution in [0.3, 0.4) is 0 Å². The lowest BCUT2D eigenvalue weighted by Gasteiger charge is -2.30. The third kappa shape index (κ3) is 3.48. The predicted molar refractivity (Wildman–Crippen MR) is 81.4 cm³/mol. The molecule has 1 saturated heterocycles. The summed E-state index contributed by atoms with van der Waals surface area (Å²) in [6, 6.07) is 5.27. The molecule has 108 valence electrons. The van der Waals surface area contributed by atoms with Gasteiger partial charge in [0.25, 0.3) is 0 Å². The van der Waals surface area contributed by atoms with Crippen molar-refractivity contribution >= 4 is 21.6 Å². The van der Waals surface area contributed by atoms with Gasteiger partial charge in [0.2, 0.25) is 0 Å². The number of halogens is 2. The Balaban J connectivity index is 2.00. The van der Waals surface area contributed by atoms with Crippen LogP contribution in [0.1, 0.15) is 5.56 Å². The molecule has 20 heavy (non-hydrogen) atoms. The average Bonchev–Trinajstić information content (AvgIpc) is 2.48. The molecule has 4 nitrogen and oxygen atoms in total. The van der Waals surface area contributed by atoms with E-state index in [1.807, 2.05) is 18.0 Å². The molecule has 0 aromatic heterocycles. The van der Waals surface area contributed by atoms with Crippen molar-refractivity contribution in [1.82, 2.24) is 10.2 Å². The summed E-state index contributed by atoms with van der Waals surface area (Å²) in [6.45, 7) is 5.77. The van der Waals surface area contributed by atoms with E-state index in [-0.39, 0.29) is 10.3 Å². The van der Waals surface area contributed by atoms with Crippen LogP contribution in [0.4, 0.5) is 10.1 Å². The number of likely N-dealkylation sites (N-methyl/N-ethyl adjacent to an activating group) is 1. The van der Waals surface area contributed by atoms with Gasteiger partial charge in [-0.2, -0.15) is 5.26 Å². The van der Waals surface area contributed by atoms with Crippen molar-refractivity contribution in [2.45, 2.75) is 0 Å². The Morgan fingerprint density at radius 1 is 1.45 bits per heavy atom. The van der Waals surface area contributed by atoms with E-state index in [4.69, 9.17) is 5.26 Å². The number of nitrogens with zero attached hydrogens (tertiary/aromatic N) is 3. The highest BCUT2D eigenvalue weighted by Gasteiger charge is 2.15. The maximum absolute atomic E-state index is 14.2. The van der Waals surface area contributed by atoms with Crippen LogP contribution in [0.25, 0.3) is 0 Å². The Morgan fingerprint density at radius 3 is 2.80 bits per heavy atom. The molecule has 0 atom stereocenters. The first-order valence-electron chi connectivity index (χ1n) is 6.66. The molecule has 0 radical (unpaired) electrons. The van der Waals surface area contributed by atoms with Crippen molar-refractivity contribution in [1.29, 1.82) is 5.26 Å². The van der Waals surface area contributed by atoms with E-state index in [9.17, 15) is 4.39 Å². The summed E-state index contributed by atoms with van der Waals surface area (Å²) < 4.78 is 14.4. The lowest BCUT2D eigenvalue weighted by atomic mass is 10.2. The zero-order valence-electron chi connectivity index (χ0n) is 11.5. The van der Waals surface area contributed by atoms with E-state index in [2.05, 4.69) is 26.1 Å². The van der Waals surface area contributed by atoms with Gasteiger partial charge in [-0.1, -0.05) is 0 Å². The lowest BCUT2D eigenvalue weighted by Crippen LogP contribution is -2.46. The number of piperazine rings is 1. The lowest BCUT2D eigenvalue weighted by molar-refractivity contribution is 0.246. The van der Waals surface area contributed by atoms with Gasteiger partial charge in [0.15, 0.2) is 5.82 Å². The first kappa shape index (κ1) is 15.2. The first-order valence-corrected chi connectivity index (χ1v) is 7.45. The fourth-order valence-corrected chi connectivity index (χ4v) is 2.69. The summed E-state index contributed by atoms with van der Waals surface area (Å²) in [5.74, 6) is -0.369. The molecule has 1 aromatic rings. The number of anilines is 1. The quantitative estimate of drug-likeness (QED) is 0.907. The van der Waals surface area contributed by atoms with Gasteiger partial charge < -0.3 is 10.2 Å². The maximum Gasteiger partial charge on any atom is 0.161 e. The molecule has 0 aliphatic carbocycles. The normalized spacial score (nSPS) is 15.9. The molecular weight excluding hydrogens is 323 g/mol. The number of benzene rings is 1. The van der Waals surface area contributed by atoms with Crippen molar-refractivity contribution in [3.05, 3.63) is 28.0 Å². The first-order chi connectivity index (χ1) is 9.63. The Bertz CT molecular complexity index is 509. The van der Waals surface area contributed by atoms with E-state index in [0.29, 0.717) is 11.3 Å². The topological polar surface area (TPSA) is 42.3 Å². The second kappa shape index (κ2) is 7.02. The summed E-state index contributed by atoms with van der Waals surface area (Å²) in [5.41, 5.74) is 0.841. The third-order valence-electron chi connectivity index (χ3n) is 3.55. The number of rotatable bonds is 4. The van der Waals surface area contributed by atoms with Crippen molar-refractivity contribution in [3.63, 3.8) is 0 Å². The molecule has 1 fully saturated rings. The van der Waals surface area contributed by atoms with E-state index < -0.39 is 0 Å². The number of nitrogens with one attached hydrogen (secondary N) is 1. The highest BCUT2D eigenvalue weighted by atomic mass is 79.9. The monoisotopic (exact) mass is 340 g/mol. The highest BCUT2D eigenvalue weighted by molar-refractivity contribution is 9.10. The molecular formula is C14H18BrFN4. The van der Waals surface area contributed by atoms with Crippen molar-refractivity contribution in [2.24, 2.45) is 0 Å². The minimum absolute atomic E-state index is 0.242. The van der Waals surface area contributed by atoms with Gasteiger partial charge in [0.05, 0.1) is 15.7 Å². The molecule has 0 saturated carbocycles. The van der Waals surface area contributed by atoms with Crippen LogP contribution in [0.2, 0.25) is 0 Å². The summed E-state index contributed by atoms with van der Waals surface area (Å²) >= 11 is 3.14. The average molecular weight is 341 g/mol. The molecule has 2 rings (SSSR count). The molecule has 1 aliphatic heterocycles. The highest BCUT2D eigenvalue weighted by Crippen LogP contribution is 2.28. The van der Waals surface area contributed by atoms with Crippen molar-refractivity contribution in [2.75, 3.05) is 51.2 Å². The summed E-state index contributed by atoms with van der Waals surface area (Å²) in [5, 5.41) is 12.2. The Morgan fingerprint density at radius 2 is 2.15 bits per heavy atom. The Kier molecular flexibility index (Phi) is 5.35. The van der Waals surface area contributed by atoms with Gasteiger partial charge in [-0.05, 0) is 28.1 Å². The smallest absolute Gasteiger partial charge is 0.161 e. The Hall–Kier alpha value is -1.16. The molecule has 1 aromatic carbocycles. The molecule has 0 spiro atoms. The molecule has 0 bridgehead atoms. The van der Waals surface area contributed by atoms with Crippen LogP contribution in [-0.4, -0.2) is 51.2 Å². The molecule has 6 heteroatoms. The van der Waals surface area contributed by atoms with Crippen LogP contribution >= 0.6 is 15.9 Å². The fraction of sp³-hybridized carbons (Fsp3) is 0.500. The van der Waals surface area contributed by atoms with Crippen LogP contribution < -0.4 is 10.2 Å². The molecule has 1 heterocycles. The fourth-order valence-electron chi connectivity index (χ4n) is 2.27. The minimum atomic E-state index is -0.369. The number of hydrogen-bond acceptors (Lipinski definition) is 4. The number of nitriles is 1. The van der Waals surface area contributed by atoms with Crippen LogP contribution in [0.5, 0.6) is 0 Å². The summed E-state index contributed by atoms with van der Waals surface area (Å²) in [4.78, 5) is 4.26. The van der Waals surface area contributed by atoms with Gasteiger partial charge in [0, 0.05) is 46.3 Å².